The van der Waals surface area contributed by atoms with E-state index in [9.17, 15) is 10.2 Å². The summed E-state index contributed by atoms with van der Waals surface area (Å²) in [7, 11) is 0. The van der Waals surface area contributed by atoms with Crippen molar-refractivity contribution in [1.82, 2.24) is 0 Å². The van der Waals surface area contributed by atoms with Crippen molar-refractivity contribution in [3.8, 4) is 67.5 Å². The van der Waals surface area contributed by atoms with Crippen LogP contribution in [0.5, 0.6) is 23.0 Å². The number of ether oxygens (including phenoxy) is 2. The molecule has 65 heavy (non-hydrogen) atoms. The molecule has 0 amide bonds. The lowest BCUT2D eigenvalue weighted by Gasteiger charge is -2.27. The van der Waals surface area contributed by atoms with Gasteiger partial charge in [-0.15, -0.1) is 0 Å². The highest BCUT2D eigenvalue weighted by Gasteiger charge is 2.28. The van der Waals surface area contributed by atoms with Gasteiger partial charge >= 0.3 is 0 Å². The molecule has 3 aliphatic rings. The lowest BCUT2D eigenvalue weighted by molar-refractivity contribution is 0.131. The lowest BCUT2D eigenvalue weighted by atomic mass is 9.79. The molecule has 0 saturated carbocycles. The lowest BCUT2D eigenvalue weighted by Crippen LogP contribution is -2.23. The van der Waals surface area contributed by atoms with E-state index in [-0.39, 0.29) is 12.2 Å². The van der Waals surface area contributed by atoms with Crippen LogP contribution in [-0.4, -0.2) is 22.4 Å². The standard InChI is InChI=1S/C61H70O4/c1-7-20-42-36-44-22-12-14-25-47(44)58(46(42)8-2)54-33-38(3)31-52(60(54)62)50-27-16-18-29-56(50)64-40(5)35-41(6)65-57-30-19-17-28-51(57)53-32-39(4)34-55(61(53)63)59-48-24-11-9-10-21-43(48)37-45-23-13-15-26-49(45)59/h16-19,27-34,36-37,40-41,62-63H,7-15,20-26,35H2,1-6H3/t40?,41-/m1/s1. The van der Waals surface area contributed by atoms with Crippen molar-refractivity contribution in [2.45, 2.75) is 163 Å². The fourth-order valence-corrected chi connectivity index (χ4v) is 11.8. The Kier molecular flexibility index (Phi) is 13.4. The van der Waals surface area contributed by atoms with Gasteiger partial charge in [0.05, 0.1) is 12.2 Å². The van der Waals surface area contributed by atoms with Crippen molar-refractivity contribution in [1.29, 1.82) is 0 Å². The Morgan fingerprint density at radius 2 is 0.923 bits per heavy atom. The van der Waals surface area contributed by atoms with E-state index in [1.165, 1.54) is 101 Å². The molecule has 0 bridgehead atoms. The largest absolute Gasteiger partial charge is 0.507 e. The number of aryl methyl sites for hydroxylation is 6. The van der Waals surface area contributed by atoms with E-state index in [4.69, 9.17) is 9.47 Å². The summed E-state index contributed by atoms with van der Waals surface area (Å²) in [5.74, 6) is 2.17. The molecule has 0 aliphatic heterocycles. The van der Waals surface area contributed by atoms with Gasteiger partial charge in [-0.3, -0.25) is 0 Å². The number of phenolic OH excluding ortho intramolecular Hbond substituents is 2. The molecule has 338 valence electrons. The van der Waals surface area contributed by atoms with E-state index in [2.05, 4.69) is 90.1 Å². The van der Waals surface area contributed by atoms with E-state index in [0.717, 1.165) is 114 Å². The van der Waals surface area contributed by atoms with Crippen LogP contribution in [0, 0.1) is 13.8 Å². The van der Waals surface area contributed by atoms with Crippen molar-refractivity contribution in [2.24, 2.45) is 0 Å². The SMILES string of the molecule is CCCc1cc2c(c(-c3cc(C)cc(-c4ccccc4OC(C)C[C@@H](C)Oc4ccccc4-c4cc(C)cc(-c5c6c(cc7c5CCCC7)CCCCC6)c4O)c3O)c1CC)CCCC2. The van der Waals surface area contributed by atoms with Crippen molar-refractivity contribution < 1.29 is 19.7 Å². The molecule has 6 aromatic rings. The molecule has 0 spiro atoms. The first-order valence-corrected chi connectivity index (χ1v) is 25.2. The minimum Gasteiger partial charge on any atom is -0.507 e. The molecule has 0 radical (unpaired) electrons. The molecule has 0 fully saturated rings. The van der Waals surface area contributed by atoms with Gasteiger partial charge in [-0.1, -0.05) is 75.2 Å². The first-order chi connectivity index (χ1) is 31.6. The third-order valence-electron chi connectivity index (χ3n) is 14.7. The first-order valence-electron chi connectivity index (χ1n) is 25.2. The smallest absolute Gasteiger partial charge is 0.131 e. The van der Waals surface area contributed by atoms with E-state index >= 15 is 0 Å². The van der Waals surface area contributed by atoms with Gasteiger partial charge in [0.2, 0.25) is 0 Å². The maximum absolute atomic E-state index is 12.4. The van der Waals surface area contributed by atoms with Gasteiger partial charge in [0.25, 0.3) is 0 Å². The minimum atomic E-state index is -0.187. The van der Waals surface area contributed by atoms with Crippen LogP contribution in [0.2, 0.25) is 0 Å². The average Bonchev–Trinajstić information content (AvgIpc) is 3.55. The Balaban J connectivity index is 0.992. The highest BCUT2D eigenvalue weighted by atomic mass is 16.5. The molecule has 1 unspecified atom stereocenters. The van der Waals surface area contributed by atoms with Gasteiger partial charge in [-0.25, -0.2) is 0 Å². The average molecular weight is 867 g/mol. The number of fused-ring (bicyclic) bond motifs is 3. The monoisotopic (exact) mass is 867 g/mol. The second-order valence-electron chi connectivity index (χ2n) is 19.6. The Bertz CT molecular complexity index is 2700. The Morgan fingerprint density at radius 3 is 1.45 bits per heavy atom. The second-order valence-corrected chi connectivity index (χ2v) is 19.6. The zero-order valence-electron chi connectivity index (χ0n) is 40.0. The first kappa shape index (κ1) is 44.7. The maximum atomic E-state index is 12.4. The van der Waals surface area contributed by atoms with Crippen LogP contribution in [0.3, 0.4) is 0 Å². The zero-order valence-corrected chi connectivity index (χ0v) is 40.0. The van der Waals surface area contributed by atoms with E-state index in [0.29, 0.717) is 17.9 Å². The van der Waals surface area contributed by atoms with Crippen LogP contribution in [0.15, 0.2) is 84.9 Å². The molecule has 0 saturated heterocycles. The zero-order chi connectivity index (χ0) is 45.2. The van der Waals surface area contributed by atoms with Crippen LogP contribution in [0.1, 0.15) is 141 Å². The molecular formula is C61H70O4. The summed E-state index contributed by atoms with van der Waals surface area (Å²) in [5.41, 5.74) is 21.8. The van der Waals surface area contributed by atoms with Crippen LogP contribution >= 0.6 is 0 Å². The van der Waals surface area contributed by atoms with Gasteiger partial charge in [0.1, 0.15) is 23.0 Å². The predicted molar refractivity (Wildman–Crippen MR) is 270 cm³/mol. The third-order valence-corrected chi connectivity index (χ3v) is 14.7. The summed E-state index contributed by atoms with van der Waals surface area (Å²) < 4.78 is 13.6. The fourth-order valence-electron chi connectivity index (χ4n) is 11.8. The van der Waals surface area contributed by atoms with E-state index in [1.807, 2.05) is 36.4 Å². The highest BCUT2D eigenvalue weighted by Crippen LogP contribution is 2.49. The predicted octanol–water partition coefficient (Wildman–Crippen LogP) is 15.5. The van der Waals surface area contributed by atoms with Crippen LogP contribution in [0.25, 0.3) is 44.5 Å². The Hall–Kier alpha value is -5.48. The van der Waals surface area contributed by atoms with Gasteiger partial charge in [-0.05, 0) is 221 Å². The molecule has 2 N–H and O–H groups in total. The summed E-state index contributed by atoms with van der Waals surface area (Å²) in [4.78, 5) is 0. The van der Waals surface area contributed by atoms with Gasteiger partial charge < -0.3 is 19.7 Å². The van der Waals surface area contributed by atoms with Crippen molar-refractivity contribution >= 4 is 0 Å². The number of benzene rings is 6. The second kappa shape index (κ2) is 19.5. The molecule has 2 atom stereocenters. The molecule has 0 heterocycles. The summed E-state index contributed by atoms with van der Waals surface area (Å²) in [6.45, 7) is 13.0. The molecule has 4 heteroatoms. The number of hydrogen-bond acceptors (Lipinski definition) is 4. The molecule has 4 nitrogen and oxygen atoms in total. The molecule has 0 aromatic heterocycles. The topological polar surface area (TPSA) is 58.9 Å². The van der Waals surface area contributed by atoms with Gasteiger partial charge in [-0.2, -0.15) is 0 Å². The van der Waals surface area contributed by atoms with E-state index in [1.54, 1.807) is 0 Å². The van der Waals surface area contributed by atoms with Gasteiger partial charge in [0.15, 0.2) is 0 Å². The van der Waals surface area contributed by atoms with Crippen molar-refractivity contribution in [3.05, 3.63) is 141 Å². The summed E-state index contributed by atoms with van der Waals surface area (Å²) >= 11 is 0. The molecule has 6 aromatic carbocycles. The number of para-hydroxylation sites is 2. The summed E-state index contributed by atoms with van der Waals surface area (Å²) in [5, 5.41) is 24.8. The highest BCUT2D eigenvalue weighted by molar-refractivity contribution is 5.89. The Morgan fingerprint density at radius 1 is 0.492 bits per heavy atom. The minimum absolute atomic E-state index is 0.185. The quantitative estimate of drug-likeness (QED) is 0.114. The van der Waals surface area contributed by atoms with Crippen LogP contribution in [0.4, 0.5) is 0 Å². The molecule has 9 rings (SSSR count). The number of phenols is 2. The maximum Gasteiger partial charge on any atom is 0.131 e. The van der Waals surface area contributed by atoms with Crippen LogP contribution in [-0.2, 0) is 51.4 Å². The number of rotatable bonds is 13. The third kappa shape index (κ3) is 9.08. The molecular weight excluding hydrogens is 797 g/mol. The van der Waals surface area contributed by atoms with Crippen molar-refractivity contribution in [3.63, 3.8) is 0 Å². The summed E-state index contributed by atoms with van der Waals surface area (Å²) in [6, 6.07) is 30.0. The fraction of sp³-hybridized carbons (Fsp3) is 0.410. The molecule has 3 aliphatic carbocycles. The van der Waals surface area contributed by atoms with Crippen molar-refractivity contribution in [2.75, 3.05) is 0 Å². The van der Waals surface area contributed by atoms with E-state index < -0.39 is 0 Å². The van der Waals surface area contributed by atoms with Gasteiger partial charge in [0, 0.05) is 39.8 Å². The normalized spacial score (nSPS) is 15.6. The van der Waals surface area contributed by atoms with Crippen LogP contribution < -0.4 is 9.47 Å². The Labute approximate surface area is 389 Å². The number of hydrogen-bond donors (Lipinski definition) is 2. The number of aromatic hydroxyl groups is 2. The summed E-state index contributed by atoms with van der Waals surface area (Å²) in [6.07, 6.45) is 18.5.